The summed E-state index contributed by atoms with van der Waals surface area (Å²) in [7, 11) is 0. The molecule has 2 aliphatic rings. The van der Waals surface area contributed by atoms with Crippen molar-refractivity contribution in [2.75, 3.05) is 13.1 Å². The van der Waals surface area contributed by atoms with Gasteiger partial charge in [0.1, 0.15) is 0 Å². The molecular weight excluding hydrogens is 216 g/mol. The summed E-state index contributed by atoms with van der Waals surface area (Å²) in [5.41, 5.74) is 0. The third kappa shape index (κ3) is 3.69. The number of hydrogen-bond acceptors (Lipinski definition) is 3. The van der Waals surface area contributed by atoms with Crippen molar-refractivity contribution < 1.29 is 0 Å². The Morgan fingerprint density at radius 1 is 1.31 bits per heavy atom. The van der Waals surface area contributed by atoms with Crippen LogP contribution in [0.1, 0.15) is 51.9 Å². The highest BCUT2D eigenvalue weighted by molar-refractivity contribution is 8.14. The average molecular weight is 240 g/mol. The lowest BCUT2D eigenvalue weighted by molar-refractivity contribution is 0.339. The van der Waals surface area contributed by atoms with Gasteiger partial charge in [0.05, 0.1) is 6.54 Å². The van der Waals surface area contributed by atoms with Crippen LogP contribution >= 0.6 is 11.8 Å². The van der Waals surface area contributed by atoms with Crippen molar-refractivity contribution in [3.05, 3.63) is 0 Å². The van der Waals surface area contributed by atoms with Crippen LogP contribution in [0.3, 0.4) is 0 Å². The molecule has 1 atom stereocenters. The Kier molecular flexibility index (Phi) is 5.01. The van der Waals surface area contributed by atoms with Gasteiger partial charge in [0.15, 0.2) is 5.17 Å². The summed E-state index contributed by atoms with van der Waals surface area (Å²) >= 11 is 1.94. The van der Waals surface area contributed by atoms with E-state index in [0.29, 0.717) is 0 Å². The van der Waals surface area contributed by atoms with Crippen molar-refractivity contribution in [3.8, 4) is 0 Å². The second-order valence-electron chi connectivity index (χ2n) is 5.01. The Bertz CT molecular complexity index is 234. The van der Waals surface area contributed by atoms with Crippen LogP contribution in [0.5, 0.6) is 0 Å². The van der Waals surface area contributed by atoms with Gasteiger partial charge in [-0.25, -0.2) is 0 Å². The maximum atomic E-state index is 4.54. The second kappa shape index (κ2) is 6.53. The molecule has 16 heavy (non-hydrogen) atoms. The van der Waals surface area contributed by atoms with Crippen LogP contribution in [-0.4, -0.2) is 23.5 Å². The van der Waals surface area contributed by atoms with Gasteiger partial charge >= 0.3 is 0 Å². The summed E-state index contributed by atoms with van der Waals surface area (Å²) in [5, 5.41) is 5.44. The first kappa shape index (κ1) is 12.3. The lowest BCUT2D eigenvalue weighted by Crippen LogP contribution is -2.23. The molecule has 1 aliphatic carbocycles. The molecule has 1 aliphatic heterocycles. The molecule has 1 saturated carbocycles. The minimum Gasteiger partial charge on any atom is -0.365 e. The minimum atomic E-state index is 0.734. The maximum Gasteiger partial charge on any atom is 0.156 e. The summed E-state index contributed by atoms with van der Waals surface area (Å²) in [5.74, 6) is 0.982. The number of amidine groups is 1. The van der Waals surface area contributed by atoms with Gasteiger partial charge in [-0.2, -0.15) is 0 Å². The molecule has 92 valence electrons. The zero-order valence-electron chi connectivity index (χ0n) is 10.4. The molecule has 1 fully saturated rings. The van der Waals surface area contributed by atoms with Crippen LogP contribution in [0, 0.1) is 5.92 Å². The van der Waals surface area contributed by atoms with E-state index in [-0.39, 0.29) is 0 Å². The monoisotopic (exact) mass is 240 g/mol. The molecule has 2 nitrogen and oxygen atoms in total. The maximum absolute atomic E-state index is 4.54. The predicted octanol–water partition coefficient (Wildman–Crippen LogP) is 3.43. The number of nitrogens with zero attached hydrogens (tertiary/aromatic N) is 1. The van der Waals surface area contributed by atoms with Crippen LogP contribution in [0.25, 0.3) is 0 Å². The number of nitrogens with one attached hydrogen (secondary N) is 1. The van der Waals surface area contributed by atoms with Crippen LogP contribution in [0.4, 0.5) is 0 Å². The van der Waals surface area contributed by atoms with E-state index in [0.717, 1.165) is 24.3 Å². The van der Waals surface area contributed by atoms with Gasteiger partial charge in [0.25, 0.3) is 0 Å². The molecule has 0 amide bonds. The molecule has 0 aromatic heterocycles. The standard InChI is InChI=1S/C13H24N2S/c1-2-12-10-15-13(16-12)14-9-8-11-6-4-3-5-7-11/h11-12H,2-10H2,1H3,(H,14,15). The Hall–Kier alpha value is -0.180. The Morgan fingerprint density at radius 2 is 2.12 bits per heavy atom. The summed E-state index contributed by atoms with van der Waals surface area (Å²) in [6.07, 6.45) is 9.87. The first-order valence-corrected chi connectivity index (χ1v) is 7.71. The minimum absolute atomic E-state index is 0.734. The van der Waals surface area contributed by atoms with Crippen LogP contribution in [-0.2, 0) is 0 Å². The molecule has 0 aromatic carbocycles. The SMILES string of the molecule is CCC1CN=C(NCCC2CCCCC2)S1. The smallest absolute Gasteiger partial charge is 0.156 e. The number of thioether (sulfide) groups is 1. The largest absolute Gasteiger partial charge is 0.365 e. The molecule has 0 spiro atoms. The highest BCUT2D eigenvalue weighted by Crippen LogP contribution is 2.26. The van der Waals surface area contributed by atoms with Gasteiger partial charge in [-0.3, -0.25) is 4.99 Å². The highest BCUT2D eigenvalue weighted by Gasteiger charge is 2.18. The average Bonchev–Trinajstić information content (AvgIpc) is 2.78. The quantitative estimate of drug-likeness (QED) is 0.814. The van der Waals surface area contributed by atoms with Crippen molar-refractivity contribution in [1.29, 1.82) is 0 Å². The lowest BCUT2D eigenvalue weighted by Gasteiger charge is -2.21. The van der Waals surface area contributed by atoms with E-state index in [4.69, 9.17) is 0 Å². The molecule has 0 saturated heterocycles. The van der Waals surface area contributed by atoms with E-state index in [9.17, 15) is 0 Å². The Labute approximate surface area is 104 Å². The van der Waals surface area contributed by atoms with Crippen molar-refractivity contribution >= 4 is 16.9 Å². The third-order valence-electron chi connectivity index (χ3n) is 3.73. The van der Waals surface area contributed by atoms with Crippen molar-refractivity contribution in [2.45, 2.75) is 57.1 Å². The summed E-state index contributed by atoms with van der Waals surface area (Å²) < 4.78 is 0. The normalized spacial score (nSPS) is 26.8. The molecule has 0 bridgehead atoms. The molecule has 3 heteroatoms. The summed E-state index contributed by atoms with van der Waals surface area (Å²) in [4.78, 5) is 4.54. The lowest BCUT2D eigenvalue weighted by atomic mass is 9.87. The first-order chi connectivity index (χ1) is 7.88. The van der Waals surface area contributed by atoms with E-state index < -0.39 is 0 Å². The topological polar surface area (TPSA) is 24.4 Å². The van der Waals surface area contributed by atoms with Gasteiger partial charge in [-0.05, 0) is 18.8 Å². The van der Waals surface area contributed by atoms with E-state index in [1.807, 2.05) is 11.8 Å². The van der Waals surface area contributed by atoms with E-state index in [2.05, 4.69) is 17.2 Å². The molecule has 0 aromatic rings. The fraction of sp³-hybridized carbons (Fsp3) is 0.923. The van der Waals surface area contributed by atoms with Crippen molar-refractivity contribution in [3.63, 3.8) is 0 Å². The van der Waals surface area contributed by atoms with Gasteiger partial charge in [0.2, 0.25) is 0 Å². The van der Waals surface area contributed by atoms with Gasteiger partial charge in [-0.1, -0.05) is 50.8 Å². The third-order valence-corrected chi connectivity index (χ3v) is 5.04. The Morgan fingerprint density at radius 3 is 2.81 bits per heavy atom. The fourth-order valence-corrected chi connectivity index (χ4v) is 3.55. The zero-order chi connectivity index (χ0) is 11.2. The zero-order valence-corrected chi connectivity index (χ0v) is 11.2. The number of hydrogen-bond donors (Lipinski definition) is 1. The van der Waals surface area contributed by atoms with Gasteiger partial charge < -0.3 is 5.32 Å². The number of rotatable bonds is 4. The molecule has 0 radical (unpaired) electrons. The van der Waals surface area contributed by atoms with Crippen molar-refractivity contribution in [2.24, 2.45) is 10.9 Å². The summed E-state index contributed by atoms with van der Waals surface area (Å²) in [6, 6.07) is 0. The molecule has 1 N–H and O–H groups in total. The summed E-state index contributed by atoms with van der Waals surface area (Å²) in [6.45, 7) is 4.40. The van der Waals surface area contributed by atoms with Gasteiger partial charge in [0, 0.05) is 11.8 Å². The molecule has 1 unspecified atom stereocenters. The second-order valence-corrected chi connectivity index (χ2v) is 6.30. The van der Waals surface area contributed by atoms with E-state index in [1.54, 1.807) is 0 Å². The predicted molar refractivity (Wildman–Crippen MR) is 73.2 cm³/mol. The van der Waals surface area contributed by atoms with Crippen LogP contribution in [0.15, 0.2) is 4.99 Å². The van der Waals surface area contributed by atoms with Crippen molar-refractivity contribution in [1.82, 2.24) is 5.32 Å². The highest BCUT2D eigenvalue weighted by atomic mass is 32.2. The first-order valence-electron chi connectivity index (χ1n) is 6.83. The molecule has 1 heterocycles. The van der Waals surface area contributed by atoms with E-state index in [1.165, 1.54) is 50.1 Å². The molecule has 2 rings (SSSR count). The Balaban J connectivity index is 1.57. The molecular formula is C13H24N2S. The van der Waals surface area contributed by atoms with E-state index >= 15 is 0 Å². The number of aliphatic imine (C=N–C) groups is 1. The van der Waals surface area contributed by atoms with Crippen LogP contribution in [0.2, 0.25) is 0 Å². The van der Waals surface area contributed by atoms with Gasteiger partial charge in [-0.15, -0.1) is 0 Å². The van der Waals surface area contributed by atoms with Crippen LogP contribution < -0.4 is 5.32 Å². The fourth-order valence-electron chi connectivity index (χ4n) is 2.59.